The van der Waals surface area contributed by atoms with Crippen LogP contribution >= 0.6 is 27.5 Å². The molecule has 134 valence electrons. The van der Waals surface area contributed by atoms with Crippen LogP contribution in [0.3, 0.4) is 0 Å². The van der Waals surface area contributed by atoms with Crippen molar-refractivity contribution in [3.8, 4) is 0 Å². The molecule has 2 aromatic carbocycles. The number of hydrogen-bond donors (Lipinski definition) is 2. The molecule has 2 atom stereocenters. The Labute approximate surface area is 161 Å². The summed E-state index contributed by atoms with van der Waals surface area (Å²) in [5, 5.41) is 9.57. The van der Waals surface area contributed by atoms with Crippen LogP contribution in [0.15, 0.2) is 53.0 Å². The first-order chi connectivity index (χ1) is 12.0. The summed E-state index contributed by atoms with van der Waals surface area (Å²) in [5.74, 6) is -0.497. The average molecular weight is 427 g/mol. The maximum atomic E-state index is 11.7. The van der Waals surface area contributed by atoms with Crippen LogP contribution in [-0.4, -0.2) is 23.8 Å². The molecule has 0 fully saturated rings. The molecule has 1 amide bonds. The Morgan fingerprint density at radius 3 is 2.40 bits per heavy atom. The van der Waals surface area contributed by atoms with E-state index in [1.165, 1.54) is 0 Å². The van der Waals surface area contributed by atoms with Gasteiger partial charge in [-0.1, -0.05) is 51.8 Å². The summed E-state index contributed by atoms with van der Waals surface area (Å²) >= 11 is 9.42. The van der Waals surface area contributed by atoms with Gasteiger partial charge < -0.3 is 4.74 Å². The lowest BCUT2D eigenvalue weighted by molar-refractivity contribution is -0.132. The van der Waals surface area contributed by atoms with Crippen LogP contribution in [0.4, 0.5) is 0 Å². The number of benzene rings is 2. The number of halogens is 2. The highest BCUT2D eigenvalue weighted by molar-refractivity contribution is 9.10. The summed E-state index contributed by atoms with van der Waals surface area (Å²) in [5.41, 5.74) is 3.87. The largest absolute Gasteiger partial charge is 0.377 e. The minimum absolute atomic E-state index is 0.0356. The van der Waals surface area contributed by atoms with E-state index in [1.807, 2.05) is 55.5 Å². The Morgan fingerprint density at radius 1 is 1.20 bits per heavy atom. The third-order valence-corrected chi connectivity index (χ3v) is 4.79. The van der Waals surface area contributed by atoms with E-state index in [1.54, 1.807) is 5.48 Å². The van der Waals surface area contributed by atoms with Crippen molar-refractivity contribution in [2.24, 2.45) is 0 Å². The summed E-state index contributed by atoms with van der Waals surface area (Å²) in [6, 6.07) is 15.6. The third kappa shape index (κ3) is 6.12. The molecule has 0 aromatic heterocycles. The fourth-order valence-electron chi connectivity index (χ4n) is 2.81. The quantitative estimate of drug-likeness (QED) is 0.474. The third-order valence-electron chi connectivity index (χ3n) is 4.01. The van der Waals surface area contributed by atoms with E-state index in [-0.39, 0.29) is 18.4 Å². The molecule has 25 heavy (non-hydrogen) atoms. The first-order valence-electron chi connectivity index (χ1n) is 8.08. The minimum Gasteiger partial charge on any atom is -0.377 e. The van der Waals surface area contributed by atoms with Crippen LogP contribution in [0, 0.1) is 0 Å². The van der Waals surface area contributed by atoms with E-state index in [0.29, 0.717) is 18.1 Å². The second-order valence-electron chi connectivity index (χ2n) is 5.72. The number of hydroxylamine groups is 1. The van der Waals surface area contributed by atoms with Crippen molar-refractivity contribution in [2.75, 3.05) is 6.61 Å². The van der Waals surface area contributed by atoms with Gasteiger partial charge >= 0.3 is 0 Å². The van der Waals surface area contributed by atoms with E-state index < -0.39 is 5.91 Å². The zero-order valence-electron chi connectivity index (χ0n) is 13.9. The molecule has 0 unspecified atom stereocenters. The number of carbonyl (C=O) groups excluding carboxylic acids is 1. The molecule has 0 bridgehead atoms. The van der Waals surface area contributed by atoms with Crippen molar-refractivity contribution >= 4 is 33.4 Å². The van der Waals surface area contributed by atoms with Crippen molar-refractivity contribution < 1.29 is 14.7 Å². The molecule has 2 N–H and O–H groups in total. The molecule has 0 aliphatic rings. The average Bonchev–Trinajstić information content (AvgIpc) is 2.61. The second-order valence-corrected chi connectivity index (χ2v) is 7.07. The molecule has 0 aliphatic heterocycles. The lowest BCUT2D eigenvalue weighted by Crippen LogP contribution is -2.31. The number of amides is 1. The van der Waals surface area contributed by atoms with Crippen LogP contribution in [0.25, 0.3) is 0 Å². The normalized spacial score (nSPS) is 13.3. The highest BCUT2D eigenvalue weighted by Crippen LogP contribution is 2.30. The number of nitrogens with one attached hydrogen (secondary N) is 1. The van der Waals surface area contributed by atoms with E-state index in [9.17, 15) is 4.79 Å². The Morgan fingerprint density at radius 2 is 1.84 bits per heavy atom. The second kappa shape index (κ2) is 9.92. The maximum absolute atomic E-state index is 11.7. The summed E-state index contributed by atoms with van der Waals surface area (Å²) in [6.07, 6.45) is 0.426. The number of hydrogen-bond acceptors (Lipinski definition) is 3. The summed E-state index contributed by atoms with van der Waals surface area (Å²) in [6.45, 7) is 2.38. The first-order valence-corrected chi connectivity index (χ1v) is 9.25. The molecule has 2 aromatic rings. The van der Waals surface area contributed by atoms with Crippen LogP contribution in [0.5, 0.6) is 0 Å². The maximum Gasteiger partial charge on any atom is 0.245 e. The van der Waals surface area contributed by atoms with E-state index in [4.69, 9.17) is 21.5 Å². The van der Waals surface area contributed by atoms with Gasteiger partial charge in [0, 0.05) is 22.0 Å². The molecular formula is C19H21BrClNO3. The van der Waals surface area contributed by atoms with Gasteiger partial charge in [-0.2, -0.15) is 0 Å². The monoisotopic (exact) mass is 425 g/mol. The van der Waals surface area contributed by atoms with Crippen molar-refractivity contribution in [3.63, 3.8) is 0 Å². The van der Waals surface area contributed by atoms with Gasteiger partial charge in [0.2, 0.25) is 5.91 Å². The van der Waals surface area contributed by atoms with Gasteiger partial charge in [-0.25, -0.2) is 5.48 Å². The Bertz CT molecular complexity index is 676. The van der Waals surface area contributed by atoms with Crippen LogP contribution < -0.4 is 5.48 Å². The molecule has 4 nitrogen and oxygen atoms in total. The molecule has 0 spiro atoms. The summed E-state index contributed by atoms with van der Waals surface area (Å²) in [7, 11) is 0. The Balaban J connectivity index is 2.32. The van der Waals surface area contributed by atoms with E-state index in [0.717, 1.165) is 15.6 Å². The van der Waals surface area contributed by atoms with Gasteiger partial charge in [0.15, 0.2) is 0 Å². The molecule has 2 rings (SSSR count). The highest BCUT2D eigenvalue weighted by atomic mass is 79.9. The Kier molecular flexibility index (Phi) is 7.90. The molecule has 6 heteroatoms. The fraction of sp³-hybridized carbons (Fsp3) is 0.316. The molecule has 0 saturated heterocycles. The van der Waals surface area contributed by atoms with E-state index in [2.05, 4.69) is 15.9 Å². The lowest BCUT2D eigenvalue weighted by atomic mass is 9.85. The zero-order chi connectivity index (χ0) is 18.2. The molecule has 0 heterocycles. The van der Waals surface area contributed by atoms with Crippen molar-refractivity contribution in [1.82, 2.24) is 5.48 Å². The molecule has 0 radical (unpaired) electrons. The fourth-order valence-corrected chi connectivity index (χ4v) is 3.20. The summed E-state index contributed by atoms with van der Waals surface area (Å²) < 4.78 is 6.84. The predicted molar refractivity (Wildman–Crippen MR) is 102 cm³/mol. The van der Waals surface area contributed by atoms with Crippen molar-refractivity contribution in [2.45, 2.75) is 31.8 Å². The van der Waals surface area contributed by atoms with Gasteiger partial charge in [0.1, 0.15) is 0 Å². The zero-order valence-corrected chi connectivity index (χ0v) is 16.3. The van der Waals surface area contributed by atoms with E-state index >= 15 is 0 Å². The van der Waals surface area contributed by atoms with Gasteiger partial charge in [-0.15, -0.1) is 0 Å². The number of carbonyl (C=O) groups is 1. The van der Waals surface area contributed by atoms with Gasteiger partial charge in [0.05, 0.1) is 12.5 Å². The number of rotatable bonds is 8. The SMILES string of the molecule is CCO[C@@H](CC(=O)NO)[C@H](Cc1ccc(Cl)cc1)c1ccc(Br)cc1. The highest BCUT2D eigenvalue weighted by Gasteiger charge is 2.26. The number of ether oxygens (including phenoxy) is 1. The van der Waals surface area contributed by atoms with Crippen molar-refractivity contribution in [3.05, 3.63) is 69.2 Å². The van der Waals surface area contributed by atoms with Crippen molar-refractivity contribution in [1.29, 1.82) is 0 Å². The van der Waals surface area contributed by atoms with Gasteiger partial charge in [-0.05, 0) is 48.7 Å². The molecule has 0 aliphatic carbocycles. The Hall–Kier alpha value is -1.40. The van der Waals surface area contributed by atoms with Gasteiger partial charge in [0.25, 0.3) is 0 Å². The van der Waals surface area contributed by atoms with Crippen LogP contribution in [0.2, 0.25) is 5.02 Å². The van der Waals surface area contributed by atoms with Crippen LogP contribution in [-0.2, 0) is 16.0 Å². The molecular weight excluding hydrogens is 406 g/mol. The smallest absolute Gasteiger partial charge is 0.245 e. The lowest BCUT2D eigenvalue weighted by Gasteiger charge is -2.27. The predicted octanol–water partition coefficient (Wildman–Crippen LogP) is 4.73. The van der Waals surface area contributed by atoms with Gasteiger partial charge in [-0.3, -0.25) is 10.0 Å². The molecule has 0 saturated carbocycles. The standard InChI is InChI=1S/C19H21BrClNO3/c1-2-25-18(12-19(23)22-24)17(14-5-7-15(20)8-6-14)11-13-3-9-16(21)10-4-13/h3-10,17-18,24H,2,11-12H2,1H3,(H,22,23)/t17-,18+/m1/s1. The summed E-state index contributed by atoms with van der Waals surface area (Å²) in [4.78, 5) is 11.7. The topological polar surface area (TPSA) is 58.6 Å². The minimum atomic E-state index is -0.461. The first kappa shape index (κ1) is 19.9. The van der Waals surface area contributed by atoms with Crippen LogP contribution in [0.1, 0.15) is 30.4 Å².